The summed E-state index contributed by atoms with van der Waals surface area (Å²) >= 11 is 0. The van der Waals surface area contributed by atoms with E-state index in [2.05, 4.69) is 10.4 Å². The van der Waals surface area contributed by atoms with E-state index in [1.54, 1.807) is 4.68 Å². The van der Waals surface area contributed by atoms with Gasteiger partial charge in [0.15, 0.2) is 0 Å². The maximum atomic E-state index is 12.1. The second kappa shape index (κ2) is 5.22. The molecule has 0 aromatic carbocycles. The van der Waals surface area contributed by atoms with Crippen LogP contribution in [0.2, 0.25) is 0 Å². The Hall–Kier alpha value is -1.16. The molecule has 0 spiro atoms. The Kier molecular flexibility index (Phi) is 3.46. The van der Waals surface area contributed by atoms with Crippen LogP contribution in [0, 0.1) is 0 Å². The highest BCUT2D eigenvalue weighted by atomic mass is 16.1. The van der Waals surface area contributed by atoms with Gasteiger partial charge in [0, 0.05) is 12.1 Å². The van der Waals surface area contributed by atoms with Crippen molar-refractivity contribution < 1.29 is 0 Å². The second-order valence-electron chi connectivity index (χ2n) is 5.49. The van der Waals surface area contributed by atoms with E-state index in [0.717, 1.165) is 38.0 Å². The maximum Gasteiger partial charge on any atom is 0.267 e. The predicted octanol–water partition coefficient (Wildman–Crippen LogP) is 1.26. The molecule has 0 saturated carbocycles. The van der Waals surface area contributed by atoms with Crippen molar-refractivity contribution in [3.8, 4) is 0 Å². The summed E-state index contributed by atoms with van der Waals surface area (Å²) in [7, 11) is 0. The van der Waals surface area contributed by atoms with Gasteiger partial charge in [-0.15, -0.1) is 0 Å². The number of aromatic nitrogens is 2. The van der Waals surface area contributed by atoms with Crippen molar-refractivity contribution in [2.24, 2.45) is 0 Å². The van der Waals surface area contributed by atoms with Crippen LogP contribution in [0.4, 0.5) is 0 Å². The SMILES string of the molecule is O=c1cc2c(nn1C[C@@H]1CCCN1)CCCCC2. The summed E-state index contributed by atoms with van der Waals surface area (Å²) in [5.41, 5.74) is 2.42. The van der Waals surface area contributed by atoms with Crippen molar-refractivity contribution in [3.63, 3.8) is 0 Å². The zero-order valence-electron chi connectivity index (χ0n) is 10.8. The van der Waals surface area contributed by atoms with E-state index < -0.39 is 0 Å². The van der Waals surface area contributed by atoms with Gasteiger partial charge in [0.1, 0.15) is 0 Å². The molecule has 98 valence electrons. The zero-order chi connectivity index (χ0) is 12.4. The molecule has 1 aliphatic heterocycles. The minimum atomic E-state index is 0.0735. The van der Waals surface area contributed by atoms with Crippen LogP contribution >= 0.6 is 0 Å². The van der Waals surface area contributed by atoms with Crippen LogP contribution in [0.3, 0.4) is 0 Å². The fraction of sp³-hybridized carbons (Fsp3) is 0.714. The van der Waals surface area contributed by atoms with Gasteiger partial charge < -0.3 is 5.32 Å². The number of fused-ring (bicyclic) bond motifs is 1. The van der Waals surface area contributed by atoms with E-state index in [1.807, 2.05) is 6.07 Å². The molecule has 2 heterocycles. The first-order chi connectivity index (χ1) is 8.83. The molecule has 1 atom stereocenters. The summed E-state index contributed by atoms with van der Waals surface area (Å²) < 4.78 is 1.67. The Morgan fingerprint density at radius 3 is 3.00 bits per heavy atom. The van der Waals surface area contributed by atoms with Crippen LogP contribution in [0.15, 0.2) is 10.9 Å². The van der Waals surface area contributed by atoms with Gasteiger partial charge in [-0.3, -0.25) is 4.79 Å². The summed E-state index contributed by atoms with van der Waals surface area (Å²) in [5, 5.41) is 8.03. The van der Waals surface area contributed by atoms with E-state index in [9.17, 15) is 4.79 Å². The summed E-state index contributed by atoms with van der Waals surface area (Å²) in [4.78, 5) is 12.1. The topological polar surface area (TPSA) is 46.9 Å². The number of nitrogens with zero attached hydrogens (tertiary/aromatic N) is 2. The highest BCUT2D eigenvalue weighted by molar-refractivity contribution is 5.19. The number of hydrogen-bond acceptors (Lipinski definition) is 3. The Bertz CT molecular complexity index is 474. The molecule has 1 aromatic rings. The maximum absolute atomic E-state index is 12.1. The number of nitrogens with one attached hydrogen (secondary N) is 1. The van der Waals surface area contributed by atoms with Crippen LogP contribution in [0.25, 0.3) is 0 Å². The van der Waals surface area contributed by atoms with Gasteiger partial charge in [0.25, 0.3) is 5.56 Å². The third-order valence-corrected chi connectivity index (χ3v) is 4.08. The molecule has 1 N–H and O–H groups in total. The molecule has 2 aliphatic rings. The fourth-order valence-electron chi connectivity index (χ4n) is 3.03. The van der Waals surface area contributed by atoms with E-state index >= 15 is 0 Å². The first-order valence-electron chi connectivity index (χ1n) is 7.16. The van der Waals surface area contributed by atoms with Crippen molar-refractivity contribution in [1.82, 2.24) is 15.1 Å². The minimum absolute atomic E-state index is 0.0735. The molecule has 4 heteroatoms. The molecule has 4 nitrogen and oxygen atoms in total. The Morgan fingerprint density at radius 2 is 2.17 bits per heavy atom. The van der Waals surface area contributed by atoms with Crippen LogP contribution in [0.5, 0.6) is 0 Å². The number of aryl methyl sites for hydroxylation is 2. The van der Waals surface area contributed by atoms with E-state index in [1.165, 1.54) is 31.2 Å². The normalized spacial score (nSPS) is 23.7. The Balaban J connectivity index is 1.85. The molecular formula is C14H21N3O. The molecule has 0 unspecified atom stereocenters. The van der Waals surface area contributed by atoms with Crippen molar-refractivity contribution in [2.75, 3.05) is 6.54 Å². The molecular weight excluding hydrogens is 226 g/mol. The van der Waals surface area contributed by atoms with Gasteiger partial charge in [-0.1, -0.05) is 6.42 Å². The molecule has 0 bridgehead atoms. The van der Waals surface area contributed by atoms with Gasteiger partial charge >= 0.3 is 0 Å². The van der Waals surface area contributed by atoms with Crippen molar-refractivity contribution >= 4 is 0 Å². The molecule has 0 amide bonds. The van der Waals surface area contributed by atoms with Crippen LogP contribution in [-0.2, 0) is 19.4 Å². The number of hydrogen-bond donors (Lipinski definition) is 1. The van der Waals surface area contributed by atoms with Gasteiger partial charge in [-0.05, 0) is 50.6 Å². The van der Waals surface area contributed by atoms with Gasteiger partial charge in [-0.25, -0.2) is 4.68 Å². The molecule has 1 aromatic heterocycles. The molecule has 18 heavy (non-hydrogen) atoms. The third kappa shape index (κ3) is 2.48. The summed E-state index contributed by atoms with van der Waals surface area (Å²) in [5.74, 6) is 0. The fourth-order valence-corrected chi connectivity index (χ4v) is 3.03. The highest BCUT2D eigenvalue weighted by Gasteiger charge is 2.17. The molecule has 1 fully saturated rings. The van der Waals surface area contributed by atoms with Crippen molar-refractivity contribution in [3.05, 3.63) is 27.7 Å². The predicted molar refractivity (Wildman–Crippen MR) is 70.8 cm³/mol. The Labute approximate surface area is 107 Å². The Morgan fingerprint density at radius 1 is 1.28 bits per heavy atom. The van der Waals surface area contributed by atoms with Gasteiger partial charge in [0.05, 0.1) is 12.2 Å². The lowest BCUT2D eigenvalue weighted by Crippen LogP contribution is -2.34. The van der Waals surface area contributed by atoms with E-state index in [-0.39, 0.29) is 5.56 Å². The zero-order valence-corrected chi connectivity index (χ0v) is 10.8. The molecule has 3 rings (SSSR count). The average Bonchev–Trinajstić information content (AvgIpc) is 2.76. The smallest absolute Gasteiger partial charge is 0.267 e. The van der Waals surface area contributed by atoms with E-state index in [0.29, 0.717) is 6.04 Å². The molecule has 0 radical (unpaired) electrons. The third-order valence-electron chi connectivity index (χ3n) is 4.08. The second-order valence-corrected chi connectivity index (χ2v) is 5.49. The summed E-state index contributed by atoms with van der Waals surface area (Å²) in [6, 6.07) is 2.25. The van der Waals surface area contributed by atoms with Gasteiger partial charge in [-0.2, -0.15) is 5.10 Å². The van der Waals surface area contributed by atoms with Crippen LogP contribution in [0.1, 0.15) is 43.4 Å². The first kappa shape index (κ1) is 11.9. The first-order valence-corrected chi connectivity index (χ1v) is 7.16. The summed E-state index contributed by atoms with van der Waals surface area (Å²) in [6.07, 6.45) is 8.10. The lowest BCUT2D eigenvalue weighted by atomic mass is 10.1. The lowest BCUT2D eigenvalue weighted by molar-refractivity contribution is 0.453. The highest BCUT2D eigenvalue weighted by Crippen LogP contribution is 2.17. The average molecular weight is 247 g/mol. The monoisotopic (exact) mass is 247 g/mol. The lowest BCUT2D eigenvalue weighted by Gasteiger charge is -2.13. The van der Waals surface area contributed by atoms with Crippen LogP contribution < -0.4 is 10.9 Å². The standard InChI is InChI=1S/C14H21N3O/c18-14-9-11-5-2-1-3-7-13(11)16-17(14)10-12-6-4-8-15-12/h9,12,15H,1-8,10H2/t12-/m0/s1. The minimum Gasteiger partial charge on any atom is -0.312 e. The molecule has 1 saturated heterocycles. The summed E-state index contributed by atoms with van der Waals surface area (Å²) in [6.45, 7) is 1.80. The van der Waals surface area contributed by atoms with Crippen molar-refractivity contribution in [2.45, 2.75) is 57.5 Å². The molecule has 1 aliphatic carbocycles. The van der Waals surface area contributed by atoms with Gasteiger partial charge in [0.2, 0.25) is 0 Å². The quantitative estimate of drug-likeness (QED) is 0.800. The number of rotatable bonds is 2. The van der Waals surface area contributed by atoms with Crippen LogP contribution in [-0.4, -0.2) is 22.4 Å². The van der Waals surface area contributed by atoms with Crippen molar-refractivity contribution in [1.29, 1.82) is 0 Å². The van der Waals surface area contributed by atoms with E-state index in [4.69, 9.17) is 0 Å². The largest absolute Gasteiger partial charge is 0.312 e.